The standard InChI is InChI=1S/C30H34N8O2/c1-3-13-37-28(40)23-19-31-29(32-21-6-8-22(9-7-21)36-16-14-35(2)15-17-36)34-27(23)38(37)24-10-5-20-18-30(11-4-12-30)26(39)25(20)33-24/h3,5-10,19,26,39H,1,4,11-18H2,2H3,(H,31,32,34)/i26D. The number of aliphatic hydroxyl groups is 1. The van der Waals surface area contributed by atoms with Crippen molar-refractivity contribution >= 4 is 28.4 Å². The van der Waals surface area contributed by atoms with Crippen molar-refractivity contribution in [2.45, 2.75) is 38.3 Å². The number of rotatable bonds is 6. The van der Waals surface area contributed by atoms with E-state index >= 15 is 0 Å². The highest BCUT2D eigenvalue weighted by molar-refractivity contribution is 5.77. The Balaban J connectivity index is 1.24. The topological polar surface area (TPSA) is 104 Å². The monoisotopic (exact) mass is 539 g/mol. The van der Waals surface area contributed by atoms with Gasteiger partial charge in [-0.05, 0) is 62.2 Å². The van der Waals surface area contributed by atoms with Crippen LogP contribution in [0.1, 0.15) is 38.0 Å². The fraction of sp³-hybridized carbons (Fsp3) is 0.400. The smallest absolute Gasteiger partial charge is 0.278 e. The van der Waals surface area contributed by atoms with Crippen LogP contribution in [0.25, 0.3) is 16.9 Å². The second-order valence-electron chi connectivity index (χ2n) is 11.2. The Hall–Kier alpha value is -4.02. The van der Waals surface area contributed by atoms with Crippen molar-refractivity contribution in [2.24, 2.45) is 5.41 Å². The van der Waals surface area contributed by atoms with E-state index in [0.717, 1.165) is 56.7 Å². The van der Waals surface area contributed by atoms with E-state index in [2.05, 4.69) is 45.9 Å². The van der Waals surface area contributed by atoms with Gasteiger partial charge in [0.1, 0.15) is 11.5 Å². The molecule has 2 fully saturated rings. The first-order valence-corrected chi connectivity index (χ1v) is 13.9. The average Bonchev–Trinajstić information content (AvgIpc) is 3.36. The molecule has 1 aromatic carbocycles. The van der Waals surface area contributed by atoms with Crippen LogP contribution in [0.2, 0.25) is 0 Å². The van der Waals surface area contributed by atoms with Gasteiger partial charge in [0.2, 0.25) is 5.95 Å². The van der Waals surface area contributed by atoms with Gasteiger partial charge in [-0.2, -0.15) is 4.98 Å². The van der Waals surface area contributed by atoms with E-state index in [0.29, 0.717) is 34.9 Å². The molecule has 0 amide bonds. The van der Waals surface area contributed by atoms with Gasteiger partial charge in [0, 0.05) is 49.2 Å². The molecule has 2 aliphatic carbocycles. The van der Waals surface area contributed by atoms with Gasteiger partial charge in [-0.3, -0.25) is 4.79 Å². The molecule has 3 aliphatic rings. The number of piperazine rings is 1. The number of anilines is 3. The molecule has 4 heterocycles. The van der Waals surface area contributed by atoms with Gasteiger partial charge in [0.05, 0.1) is 13.6 Å². The summed E-state index contributed by atoms with van der Waals surface area (Å²) in [5, 5.41) is 14.9. The molecule has 7 rings (SSSR count). The number of allylic oxidation sites excluding steroid dienone is 1. The summed E-state index contributed by atoms with van der Waals surface area (Å²) < 4.78 is 12.0. The number of aromatic nitrogens is 5. The summed E-state index contributed by atoms with van der Waals surface area (Å²) in [5.74, 6) is 0.766. The first-order chi connectivity index (χ1) is 19.8. The van der Waals surface area contributed by atoms with Crippen molar-refractivity contribution in [3.05, 3.63) is 76.9 Å². The molecule has 10 heteroatoms. The number of fused-ring (bicyclic) bond motifs is 2. The fourth-order valence-electron chi connectivity index (χ4n) is 6.22. The number of hydrogen-bond acceptors (Lipinski definition) is 8. The highest BCUT2D eigenvalue weighted by Gasteiger charge is 2.50. The number of nitrogens with zero attached hydrogens (tertiary/aromatic N) is 7. The Labute approximate surface area is 234 Å². The van der Waals surface area contributed by atoms with Crippen LogP contribution in [0.15, 0.2) is 60.0 Å². The van der Waals surface area contributed by atoms with Crippen LogP contribution in [0.5, 0.6) is 0 Å². The Morgan fingerprint density at radius 1 is 1.15 bits per heavy atom. The number of likely N-dealkylation sites (N-methyl/N-ethyl adjacent to an activating group) is 1. The largest absolute Gasteiger partial charge is 0.386 e. The van der Waals surface area contributed by atoms with Gasteiger partial charge >= 0.3 is 0 Å². The maximum atomic E-state index is 13.4. The Kier molecular flexibility index (Phi) is 5.70. The van der Waals surface area contributed by atoms with Gasteiger partial charge in [0.15, 0.2) is 11.5 Å². The molecular formula is C30H34N8O2. The summed E-state index contributed by atoms with van der Waals surface area (Å²) in [6.07, 6.45) is 4.68. The first-order valence-electron chi connectivity index (χ1n) is 14.4. The third kappa shape index (κ3) is 4.01. The van der Waals surface area contributed by atoms with E-state index in [1.807, 2.05) is 24.3 Å². The van der Waals surface area contributed by atoms with Gasteiger partial charge in [-0.25, -0.2) is 19.3 Å². The minimum atomic E-state index is -1.76. The lowest BCUT2D eigenvalue weighted by molar-refractivity contribution is -0.0233. The van der Waals surface area contributed by atoms with Crippen LogP contribution >= 0.6 is 0 Å². The van der Waals surface area contributed by atoms with E-state index in [9.17, 15) is 9.90 Å². The summed E-state index contributed by atoms with van der Waals surface area (Å²) in [6.45, 7) is 8.14. The first kappa shape index (κ1) is 23.8. The normalized spacial score (nSPS) is 22.2. The molecule has 40 heavy (non-hydrogen) atoms. The van der Waals surface area contributed by atoms with E-state index in [1.165, 1.54) is 16.6 Å². The third-order valence-corrected chi connectivity index (χ3v) is 8.72. The molecule has 4 aromatic rings. The lowest BCUT2D eigenvalue weighted by atomic mass is 9.65. The Morgan fingerprint density at radius 3 is 2.62 bits per heavy atom. The van der Waals surface area contributed by atoms with Crippen LogP contribution in [-0.2, 0) is 13.0 Å². The summed E-state index contributed by atoms with van der Waals surface area (Å²) in [7, 11) is 2.15. The molecule has 3 aromatic heterocycles. The molecule has 1 atom stereocenters. The Bertz CT molecular complexity index is 1700. The number of benzene rings is 1. The highest BCUT2D eigenvalue weighted by Crippen LogP contribution is 2.57. The molecule has 0 bridgehead atoms. The molecule has 1 unspecified atom stereocenters. The number of hydrogen-bond donors (Lipinski definition) is 2. The molecule has 1 saturated heterocycles. The fourth-order valence-corrected chi connectivity index (χ4v) is 6.22. The molecule has 1 aliphatic heterocycles. The maximum absolute atomic E-state index is 13.4. The lowest BCUT2D eigenvalue weighted by Gasteiger charge is -2.40. The molecule has 2 N–H and O–H groups in total. The van der Waals surface area contributed by atoms with Crippen LogP contribution < -0.4 is 15.8 Å². The minimum absolute atomic E-state index is 0.236. The average molecular weight is 540 g/mol. The van der Waals surface area contributed by atoms with Crippen LogP contribution in [0.4, 0.5) is 17.3 Å². The van der Waals surface area contributed by atoms with Gasteiger partial charge < -0.3 is 20.2 Å². The van der Waals surface area contributed by atoms with Crippen molar-refractivity contribution < 1.29 is 6.48 Å². The lowest BCUT2D eigenvalue weighted by Crippen LogP contribution is -2.44. The number of nitrogens with one attached hydrogen (secondary N) is 1. The van der Waals surface area contributed by atoms with Crippen LogP contribution in [0, 0.1) is 5.41 Å². The Morgan fingerprint density at radius 2 is 1.93 bits per heavy atom. The quantitative estimate of drug-likeness (QED) is 0.359. The van der Waals surface area contributed by atoms with Crippen molar-refractivity contribution in [3.63, 3.8) is 0 Å². The van der Waals surface area contributed by atoms with E-state index in [-0.39, 0.29) is 12.1 Å². The zero-order valence-corrected chi connectivity index (χ0v) is 22.7. The predicted molar refractivity (Wildman–Crippen MR) is 155 cm³/mol. The number of pyridine rings is 1. The van der Waals surface area contributed by atoms with Crippen molar-refractivity contribution in [3.8, 4) is 5.82 Å². The van der Waals surface area contributed by atoms with Gasteiger partial charge in [-0.1, -0.05) is 18.6 Å². The van der Waals surface area contributed by atoms with E-state index in [1.54, 1.807) is 10.8 Å². The second kappa shape index (κ2) is 9.57. The van der Waals surface area contributed by atoms with Crippen LogP contribution in [-0.4, -0.2) is 67.5 Å². The zero-order valence-electron chi connectivity index (χ0n) is 23.7. The third-order valence-electron chi connectivity index (χ3n) is 8.72. The summed E-state index contributed by atoms with van der Waals surface area (Å²) in [5.41, 5.74) is 2.92. The van der Waals surface area contributed by atoms with E-state index in [4.69, 9.17) is 11.3 Å². The molecule has 10 nitrogen and oxygen atoms in total. The predicted octanol–water partition coefficient (Wildman–Crippen LogP) is 3.42. The zero-order chi connectivity index (χ0) is 28.4. The molecule has 1 spiro atoms. The second-order valence-corrected chi connectivity index (χ2v) is 11.2. The summed E-state index contributed by atoms with van der Waals surface area (Å²) in [4.78, 5) is 32.0. The van der Waals surface area contributed by atoms with Crippen molar-refractivity contribution in [1.82, 2.24) is 29.2 Å². The van der Waals surface area contributed by atoms with Crippen molar-refractivity contribution in [1.29, 1.82) is 0 Å². The summed E-state index contributed by atoms with van der Waals surface area (Å²) in [6, 6.07) is 11.9. The molecular weight excluding hydrogens is 504 g/mol. The maximum Gasteiger partial charge on any atom is 0.278 e. The van der Waals surface area contributed by atoms with Gasteiger partial charge in [-0.15, -0.1) is 6.58 Å². The minimum Gasteiger partial charge on any atom is -0.386 e. The SMILES string of the molecule is [2H]C1(O)c2nc(-n3c4nc(Nc5ccc(N6CCN(C)CC6)cc5)ncc4c(=O)n3CC=C)ccc2CC12CCC2. The van der Waals surface area contributed by atoms with E-state index < -0.39 is 11.5 Å². The molecule has 0 radical (unpaired) electrons. The van der Waals surface area contributed by atoms with Crippen molar-refractivity contribution in [2.75, 3.05) is 43.4 Å². The van der Waals surface area contributed by atoms with Crippen LogP contribution in [0.3, 0.4) is 0 Å². The highest BCUT2D eigenvalue weighted by atomic mass is 16.3. The van der Waals surface area contributed by atoms with Gasteiger partial charge in [0.25, 0.3) is 5.56 Å². The molecule has 206 valence electrons. The summed E-state index contributed by atoms with van der Waals surface area (Å²) >= 11 is 0. The molecule has 1 saturated carbocycles.